The predicted molar refractivity (Wildman–Crippen MR) is 69.6 cm³/mol. The molecule has 1 N–H and O–H groups in total. The molecule has 0 saturated heterocycles. The SMILES string of the molecule is CCCOc1cc(C)nc(NCCN(C)C)n1. The summed E-state index contributed by atoms with van der Waals surface area (Å²) in [5.74, 6) is 1.28. The van der Waals surface area contributed by atoms with Gasteiger partial charge in [0.05, 0.1) is 6.61 Å². The van der Waals surface area contributed by atoms with Gasteiger partial charge >= 0.3 is 0 Å². The van der Waals surface area contributed by atoms with Gasteiger partial charge in [-0.3, -0.25) is 0 Å². The van der Waals surface area contributed by atoms with Crippen LogP contribution < -0.4 is 10.1 Å². The molecule has 5 nitrogen and oxygen atoms in total. The predicted octanol–water partition coefficient (Wildman–Crippen LogP) is 1.55. The molecule has 0 aliphatic carbocycles. The van der Waals surface area contributed by atoms with Crippen LogP contribution in [0.4, 0.5) is 5.95 Å². The number of likely N-dealkylation sites (N-methyl/N-ethyl adjacent to an activating group) is 1. The minimum Gasteiger partial charge on any atom is -0.478 e. The van der Waals surface area contributed by atoms with E-state index < -0.39 is 0 Å². The summed E-state index contributed by atoms with van der Waals surface area (Å²) in [4.78, 5) is 10.7. The van der Waals surface area contributed by atoms with Crippen LogP contribution in [-0.4, -0.2) is 48.7 Å². The first-order valence-corrected chi connectivity index (χ1v) is 5.99. The zero-order chi connectivity index (χ0) is 12.7. The summed E-state index contributed by atoms with van der Waals surface area (Å²) in [6, 6.07) is 1.85. The van der Waals surface area contributed by atoms with Gasteiger partial charge in [0.2, 0.25) is 11.8 Å². The highest BCUT2D eigenvalue weighted by Crippen LogP contribution is 2.11. The molecular formula is C12H22N4O. The molecular weight excluding hydrogens is 216 g/mol. The van der Waals surface area contributed by atoms with Crippen molar-refractivity contribution < 1.29 is 4.74 Å². The van der Waals surface area contributed by atoms with Crippen molar-refractivity contribution in [1.29, 1.82) is 0 Å². The number of hydrogen-bond donors (Lipinski definition) is 1. The van der Waals surface area contributed by atoms with Crippen LogP contribution in [0.2, 0.25) is 0 Å². The smallest absolute Gasteiger partial charge is 0.226 e. The number of nitrogens with one attached hydrogen (secondary N) is 1. The topological polar surface area (TPSA) is 50.3 Å². The van der Waals surface area contributed by atoms with Crippen molar-refractivity contribution in [3.05, 3.63) is 11.8 Å². The Labute approximate surface area is 103 Å². The maximum absolute atomic E-state index is 5.50. The van der Waals surface area contributed by atoms with Crippen molar-refractivity contribution in [2.75, 3.05) is 39.1 Å². The monoisotopic (exact) mass is 238 g/mol. The van der Waals surface area contributed by atoms with Crippen molar-refractivity contribution in [2.24, 2.45) is 0 Å². The summed E-state index contributed by atoms with van der Waals surface area (Å²) in [5, 5.41) is 3.19. The Balaban J connectivity index is 2.55. The Kier molecular flexibility index (Phi) is 5.69. The van der Waals surface area contributed by atoms with E-state index in [1.165, 1.54) is 0 Å². The molecule has 0 aliphatic heterocycles. The zero-order valence-corrected chi connectivity index (χ0v) is 11.2. The second-order valence-corrected chi connectivity index (χ2v) is 4.25. The molecule has 96 valence electrons. The standard InChI is InChI=1S/C12H22N4O/c1-5-8-17-11-9-10(2)14-12(15-11)13-6-7-16(3)4/h9H,5-8H2,1-4H3,(H,13,14,15). The van der Waals surface area contributed by atoms with Crippen LogP contribution >= 0.6 is 0 Å². The van der Waals surface area contributed by atoms with E-state index in [1.54, 1.807) is 0 Å². The van der Waals surface area contributed by atoms with E-state index in [1.807, 2.05) is 27.1 Å². The third-order valence-electron chi connectivity index (χ3n) is 2.13. The van der Waals surface area contributed by atoms with Crippen molar-refractivity contribution in [3.63, 3.8) is 0 Å². The number of nitrogens with zero attached hydrogens (tertiary/aromatic N) is 3. The van der Waals surface area contributed by atoms with Crippen LogP contribution in [0.25, 0.3) is 0 Å². The Morgan fingerprint density at radius 2 is 2.12 bits per heavy atom. The first kappa shape index (κ1) is 13.7. The van der Waals surface area contributed by atoms with Crippen LogP contribution in [0.1, 0.15) is 19.0 Å². The molecule has 0 spiro atoms. The summed E-state index contributed by atoms with van der Waals surface area (Å²) in [6.45, 7) is 6.47. The van der Waals surface area contributed by atoms with E-state index in [2.05, 4.69) is 27.1 Å². The molecule has 5 heteroatoms. The number of aromatic nitrogens is 2. The molecule has 17 heavy (non-hydrogen) atoms. The third-order valence-corrected chi connectivity index (χ3v) is 2.13. The second-order valence-electron chi connectivity index (χ2n) is 4.25. The van der Waals surface area contributed by atoms with E-state index >= 15 is 0 Å². The minimum atomic E-state index is 0.637. The third kappa shape index (κ3) is 5.49. The lowest BCUT2D eigenvalue weighted by atomic mass is 10.4. The average molecular weight is 238 g/mol. The van der Waals surface area contributed by atoms with Gasteiger partial charge in [-0.1, -0.05) is 6.92 Å². The fourth-order valence-electron chi connectivity index (χ4n) is 1.29. The number of ether oxygens (including phenoxy) is 1. The minimum absolute atomic E-state index is 0.637. The number of hydrogen-bond acceptors (Lipinski definition) is 5. The van der Waals surface area contributed by atoms with Gasteiger partial charge in [-0.25, -0.2) is 4.98 Å². The zero-order valence-electron chi connectivity index (χ0n) is 11.2. The molecule has 1 rings (SSSR count). The maximum Gasteiger partial charge on any atom is 0.226 e. The van der Waals surface area contributed by atoms with Gasteiger partial charge in [-0.05, 0) is 27.4 Å². The molecule has 0 aromatic carbocycles. The highest BCUT2D eigenvalue weighted by atomic mass is 16.5. The van der Waals surface area contributed by atoms with Gasteiger partial charge in [-0.15, -0.1) is 0 Å². The fourth-order valence-corrected chi connectivity index (χ4v) is 1.29. The lowest BCUT2D eigenvalue weighted by Gasteiger charge is -2.11. The molecule has 0 aliphatic rings. The summed E-state index contributed by atoms with van der Waals surface area (Å²) < 4.78 is 5.50. The largest absolute Gasteiger partial charge is 0.478 e. The Morgan fingerprint density at radius 1 is 1.35 bits per heavy atom. The summed E-state index contributed by atoms with van der Waals surface area (Å²) in [6.07, 6.45) is 0.979. The van der Waals surface area contributed by atoms with Gasteiger partial charge in [0.15, 0.2) is 0 Å². The molecule has 1 aromatic heterocycles. The molecule has 0 atom stereocenters. The number of aryl methyl sites for hydroxylation is 1. The van der Waals surface area contributed by atoms with E-state index in [0.717, 1.165) is 25.2 Å². The van der Waals surface area contributed by atoms with Crippen LogP contribution in [0.5, 0.6) is 5.88 Å². The fraction of sp³-hybridized carbons (Fsp3) is 0.667. The number of anilines is 1. The molecule has 0 bridgehead atoms. The van der Waals surface area contributed by atoms with Crippen molar-refractivity contribution in [1.82, 2.24) is 14.9 Å². The molecule has 1 aromatic rings. The van der Waals surface area contributed by atoms with Crippen molar-refractivity contribution >= 4 is 5.95 Å². The van der Waals surface area contributed by atoms with Gasteiger partial charge in [-0.2, -0.15) is 4.98 Å². The maximum atomic E-state index is 5.50. The first-order chi connectivity index (χ1) is 8.11. The second kappa shape index (κ2) is 7.06. The Morgan fingerprint density at radius 3 is 2.76 bits per heavy atom. The van der Waals surface area contributed by atoms with Crippen molar-refractivity contribution in [3.8, 4) is 5.88 Å². The van der Waals surface area contributed by atoms with Gasteiger partial charge in [0, 0.05) is 24.8 Å². The molecule has 1 heterocycles. The molecule has 0 amide bonds. The summed E-state index contributed by atoms with van der Waals surface area (Å²) >= 11 is 0. The van der Waals surface area contributed by atoms with Crippen molar-refractivity contribution in [2.45, 2.75) is 20.3 Å². The quantitative estimate of drug-likeness (QED) is 0.781. The van der Waals surface area contributed by atoms with Gasteiger partial charge < -0.3 is 15.0 Å². The van der Waals surface area contributed by atoms with Gasteiger partial charge in [0.25, 0.3) is 0 Å². The van der Waals surface area contributed by atoms with Gasteiger partial charge in [0.1, 0.15) is 0 Å². The lowest BCUT2D eigenvalue weighted by molar-refractivity contribution is 0.305. The number of rotatable bonds is 7. The van der Waals surface area contributed by atoms with E-state index in [-0.39, 0.29) is 0 Å². The van der Waals surface area contributed by atoms with Crippen LogP contribution in [0, 0.1) is 6.92 Å². The lowest BCUT2D eigenvalue weighted by Crippen LogP contribution is -2.21. The molecule has 0 saturated carbocycles. The summed E-state index contributed by atoms with van der Waals surface area (Å²) in [5.41, 5.74) is 0.915. The highest BCUT2D eigenvalue weighted by Gasteiger charge is 2.02. The van der Waals surface area contributed by atoms with E-state index in [9.17, 15) is 0 Å². The molecule has 0 unspecified atom stereocenters. The van der Waals surface area contributed by atoms with Crippen LogP contribution in [-0.2, 0) is 0 Å². The molecule has 0 radical (unpaired) electrons. The summed E-state index contributed by atoms with van der Waals surface area (Å²) in [7, 11) is 4.07. The van der Waals surface area contributed by atoms with E-state index in [0.29, 0.717) is 18.4 Å². The normalized spacial score (nSPS) is 10.6. The van der Waals surface area contributed by atoms with Crippen LogP contribution in [0.15, 0.2) is 6.07 Å². The Hall–Kier alpha value is -1.36. The average Bonchev–Trinajstić information content (AvgIpc) is 2.25. The Bertz CT molecular complexity index is 341. The van der Waals surface area contributed by atoms with Crippen LogP contribution in [0.3, 0.4) is 0 Å². The first-order valence-electron chi connectivity index (χ1n) is 5.99. The van der Waals surface area contributed by atoms with E-state index in [4.69, 9.17) is 4.74 Å². The molecule has 0 fully saturated rings. The highest BCUT2D eigenvalue weighted by molar-refractivity contribution is 5.30.